The van der Waals surface area contributed by atoms with Crippen molar-refractivity contribution in [3.05, 3.63) is 53.0 Å². The number of H-pyrrole nitrogens is 1. The molecule has 3 heterocycles. The number of aromatic amines is 1. The van der Waals surface area contributed by atoms with E-state index < -0.39 is 5.97 Å². The van der Waals surface area contributed by atoms with Crippen molar-refractivity contribution in [1.29, 1.82) is 0 Å². The maximum atomic E-state index is 12.8. The van der Waals surface area contributed by atoms with Crippen LogP contribution in [0, 0.1) is 13.8 Å². The molecule has 1 amide bonds. The van der Waals surface area contributed by atoms with Crippen LogP contribution in [0.3, 0.4) is 0 Å². The summed E-state index contributed by atoms with van der Waals surface area (Å²) in [6.45, 7) is 5.17. The lowest BCUT2D eigenvalue weighted by Gasteiger charge is -2.32. The second kappa shape index (κ2) is 7.14. The number of likely N-dealkylation sites (tertiary alicyclic amines) is 1. The van der Waals surface area contributed by atoms with Crippen molar-refractivity contribution in [3.8, 4) is 0 Å². The molecule has 7 nitrogen and oxygen atoms in total. The minimum atomic E-state index is -0.953. The Morgan fingerprint density at radius 3 is 2.68 bits per heavy atom. The molecule has 0 spiro atoms. The van der Waals surface area contributed by atoms with E-state index in [1.807, 2.05) is 23.2 Å². The van der Waals surface area contributed by atoms with Gasteiger partial charge in [0.25, 0.3) is 0 Å². The quantitative estimate of drug-likeness (QED) is 0.728. The van der Waals surface area contributed by atoms with Crippen molar-refractivity contribution < 1.29 is 14.7 Å². The Kier molecular flexibility index (Phi) is 4.66. The predicted molar refractivity (Wildman–Crippen MR) is 106 cm³/mol. The molecule has 1 aliphatic heterocycles. The van der Waals surface area contributed by atoms with Crippen LogP contribution < -0.4 is 0 Å². The van der Waals surface area contributed by atoms with E-state index in [9.17, 15) is 14.7 Å². The van der Waals surface area contributed by atoms with Crippen molar-refractivity contribution in [2.75, 3.05) is 13.1 Å². The number of aryl methyl sites for hydroxylation is 1. The topological polar surface area (TPSA) is 91.2 Å². The smallest absolute Gasteiger partial charge is 0.339 e. The fourth-order valence-corrected chi connectivity index (χ4v) is 4.23. The van der Waals surface area contributed by atoms with Gasteiger partial charge in [0.05, 0.1) is 24.4 Å². The summed E-state index contributed by atoms with van der Waals surface area (Å²) in [6, 6.07) is 6.23. The van der Waals surface area contributed by atoms with Crippen molar-refractivity contribution in [1.82, 2.24) is 19.7 Å². The normalized spacial score (nSPS) is 15.3. The van der Waals surface area contributed by atoms with E-state index in [4.69, 9.17) is 0 Å². The van der Waals surface area contributed by atoms with Gasteiger partial charge in [-0.3, -0.25) is 9.48 Å². The summed E-state index contributed by atoms with van der Waals surface area (Å²) in [4.78, 5) is 29.2. The minimum Gasteiger partial charge on any atom is -0.478 e. The molecule has 146 valence electrons. The number of rotatable bonds is 4. The number of aromatic nitrogens is 3. The predicted octanol–water partition coefficient (Wildman–Crippen LogP) is 3.09. The zero-order chi connectivity index (χ0) is 19.8. The van der Waals surface area contributed by atoms with E-state index in [0.717, 1.165) is 29.3 Å². The number of carbonyl (C=O) groups excluding carboxylic acids is 1. The van der Waals surface area contributed by atoms with E-state index in [2.05, 4.69) is 23.1 Å². The van der Waals surface area contributed by atoms with Gasteiger partial charge >= 0.3 is 5.97 Å². The molecule has 3 aromatic rings. The lowest BCUT2D eigenvalue weighted by Crippen LogP contribution is -2.40. The van der Waals surface area contributed by atoms with Gasteiger partial charge in [-0.25, -0.2) is 4.79 Å². The fraction of sp³-hybridized carbons (Fsp3) is 0.381. The summed E-state index contributed by atoms with van der Waals surface area (Å²) in [7, 11) is 0. The van der Waals surface area contributed by atoms with Crippen LogP contribution in [0.2, 0.25) is 0 Å². The van der Waals surface area contributed by atoms with Crippen LogP contribution in [0.15, 0.2) is 30.6 Å². The molecule has 0 aliphatic carbocycles. The molecular formula is C21H24N4O3. The van der Waals surface area contributed by atoms with Crippen molar-refractivity contribution >= 4 is 22.8 Å². The van der Waals surface area contributed by atoms with E-state index in [1.165, 1.54) is 11.8 Å². The number of carboxylic acids is 1. The number of nitrogens with one attached hydrogen (secondary N) is 1. The zero-order valence-electron chi connectivity index (χ0n) is 16.1. The molecule has 28 heavy (non-hydrogen) atoms. The molecule has 7 heteroatoms. The SMILES string of the molecule is Cc1cccc2[nH]cc(CC(=O)N3CCC(n4ncc(C(=O)O)c4C)CC3)c12. The molecule has 0 atom stereocenters. The molecule has 1 saturated heterocycles. The van der Waals surface area contributed by atoms with Crippen molar-refractivity contribution in [2.45, 2.75) is 39.2 Å². The number of nitrogens with zero attached hydrogens (tertiary/aromatic N) is 3. The molecule has 0 radical (unpaired) electrons. The first-order valence-electron chi connectivity index (χ1n) is 9.56. The number of fused-ring (bicyclic) bond motifs is 1. The van der Waals surface area contributed by atoms with Crippen LogP contribution in [-0.4, -0.2) is 49.7 Å². The number of aromatic carboxylic acids is 1. The van der Waals surface area contributed by atoms with Crippen LogP contribution in [0.25, 0.3) is 10.9 Å². The van der Waals surface area contributed by atoms with Crippen molar-refractivity contribution in [3.63, 3.8) is 0 Å². The molecule has 0 saturated carbocycles. The van der Waals surface area contributed by atoms with Crippen LogP contribution in [0.1, 0.15) is 46.1 Å². The summed E-state index contributed by atoms with van der Waals surface area (Å²) in [5.41, 5.74) is 4.18. The standard InChI is InChI=1S/C21H24N4O3/c1-13-4-3-5-18-20(13)15(11-22-18)10-19(26)24-8-6-16(7-9-24)25-14(2)17(12-23-25)21(27)28/h3-5,11-12,16,22H,6-10H2,1-2H3,(H,27,28). The third-order valence-corrected chi connectivity index (χ3v) is 5.78. The highest BCUT2D eigenvalue weighted by Gasteiger charge is 2.27. The Bertz CT molecular complexity index is 1040. The number of benzene rings is 1. The van der Waals surface area contributed by atoms with E-state index in [0.29, 0.717) is 25.2 Å². The second-order valence-corrected chi connectivity index (χ2v) is 7.49. The molecule has 0 unspecified atom stereocenters. The van der Waals surface area contributed by atoms with Gasteiger partial charge in [0, 0.05) is 30.2 Å². The molecule has 0 bridgehead atoms. The fourth-order valence-electron chi connectivity index (χ4n) is 4.23. The Hall–Kier alpha value is -3.09. The highest BCUT2D eigenvalue weighted by molar-refractivity contribution is 5.91. The number of piperidine rings is 1. The molecule has 2 N–H and O–H groups in total. The van der Waals surface area contributed by atoms with Crippen LogP contribution in [-0.2, 0) is 11.2 Å². The molecule has 2 aromatic heterocycles. The Labute approximate surface area is 163 Å². The zero-order valence-corrected chi connectivity index (χ0v) is 16.1. The Balaban J connectivity index is 1.42. The van der Waals surface area contributed by atoms with Gasteiger partial charge in [-0.1, -0.05) is 12.1 Å². The number of carbonyl (C=O) groups is 2. The summed E-state index contributed by atoms with van der Waals surface area (Å²) >= 11 is 0. The van der Waals surface area contributed by atoms with Crippen LogP contribution in [0.5, 0.6) is 0 Å². The first-order chi connectivity index (χ1) is 13.5. The van der Waals surface area contributed by atoms with Crippen molar-refractivity contribution in [2.24, 2.45) is 0 Å². The van der Waals surface area contributed by atoms with Gasteiger partial charge in [-0.05, 0) is 43.9 Å². The number of carboxylic acid groups (broad SMARTS) is 1. The molecule has 4 rings (SSSR count). The van der Waals surface area contributed by atoms with E-state index in [1.54, 1.807) is 11.6 Å². The number of amides is 1. The molecule has 1 aliphatic rings. The Morgan fingerprint density at radius 1 is 1.25 bits per heavy atom. The maximum absolute atomic E-state index is 12.8. The summed E-state index contributed by atoms with van der Waals surface area (Å²) in [5.74, 6) is -0.823. The van der Waals surface area contributed by atoms with Crippen LogP contribution in [0.4, 0.5) is 0 Å². The summed E-state index contributed by atoms with van der Waals surface area (Å²) < 4.78 is 1.80. The number of hydrogen-bond donors (Lipinski definition) is 2. The van der Waals surface area contributed by atoms with Gasteiger partial charge in [0.1, 0.15) is 5.56 Å². The van der Waals surface area contributed by atoms with Gasteiger partial charge < -0.3 is 15.0 Å². The first kappa shape index (κ1) is 18.3. The van der Waals surface area contributed by atoms with E-state index in [-0.39, 0.29) is 17.5 Å². The number of hydrogen-bond acceptors (Lipinski definition) is 3. The van der Waals surface area contributed by atoms with Gasteiger partial charge in [-0.15, -0.1) is 0 Å². The maximum Gasteiger partial charge on any atom is 0.339 e. The first-order valence-corrected chi connectivity index (χ1v) is 9.56. The lowest BCUT2D eigenvalue weighted by atomic mass is 10.0. The van der Waals surface area contributed by atoms with Gasteiger partial charge in [-0.2, -0.15) is 5.10 Å². The largest absolute Gasteiger partial charge is 0.478 e. The average molecular weight is 380 g/mol. The Morgan fingerprint density at radius 2 is 2.00 bits per heavy atom. The molecule has 1 aromatic carbocycles. The second-order valence-electron chi connectivity index (χ2n) is 7.49. The van der Waals surface area contributed by atoms with Gasteiger partial charge in [0.2, 0.25) is 5.91 Å². The van der Waals surface area contributed by atoms with E-state index >= 15 is 0 Å². The van der Waals surface area contributed by atoms with Gasteiger partial charge in [0.15, 0.2) is 0 Å². The van der Waals surface area contributed by atoms with Crippen LogP contribution >= 0.6 is 0 Å². The third-order valence-electron chi connectivity index (χ3n) is 5.78. The molecule has 1 fully saturated rings. The third kappa shape index (κ3) is 3.17. The average Bonchev–Trinajstić information content (AvgIpc) is 3.26. The monoisotopic (exact) mass is 380 g/mol. The highest BCUT2D eigenvalue weighted by Crippen LogP contribution is 2.26. The lowest BCUT2D eigenvalue weighted by molar-refractivity contribution is -0.131. The molecular weight excluding hydrogens is 356 g/mol. The summed E-state index contributed by atoms with van der Waals surface area (Å²) in [6.07, 6.45) is 5.29. The highest BCUT2D eigenvalue weighted by atomic mass is 16.4. The minimum absolute atomic E-state index is 0.131. The summed E-state index contributed by atoms with van der Waals surface area (Å²) in [5, 5.41) is 14.6.